The number of primary amides is 1. The maximum atomic E-state index is 15.1. The van der Waals surface area contributed by atoms with E-state index in [2.05, 4.69) is 20.8 Å². The molecule has 0 aliphatic heterocycles. The Morgan fingerprint density at radius 1 is 0.516 bits per heavy atom. The van der Waals surface area contributed by atoms with Gasteiger partial charge >= 0.3 is 36.6 Å². The quantitative estimate of drug-likeness (QED) is 0.0707. The highest BCUT2D eigenvalue weighted by atomic mass is 19.4. The lowest BCUT2D eigenvalue weighted by atomic mass is 9.71. The summed E-state index contributed by atoms with van der Waals surface area (Å²) in [7, 11) is 0. The summed E-state index contributed by atoms with van der Waals surface area (Å²) >= 11 is 0. The molecule has 0 saturated carbocycles. The van der Waals surface area contributed by atoms with E-state index in [-0.39, 0.29) is 60.2 Å². The van der Waals surface area contributed by atoms with Gasteiger partial charge in [-0.05, 0) is 81.6 Å². The van der Waals surface area contributed by atoms with Crippen LogP contribution in [0.4, 0.5) is 58.4 Å². The first-order chi connectivity index (χ1) is 28.9. The number of hydrogen-bond acceptors (Lipinski definition) is 6. The van der Waals surface area contributed by atoms with Gasteiger partial charge in [0.1, 0.15) is 11.5 Å². The van der Waals surface area contributed by atoms with E-state index in [1.165, 1.54) is 20.8 Å². The van der Waals surface area contributed by atoms with Crippen LogP contribution in [0.5, 0.6) is 11.5 Å². The minimum Gasteiger partial charge on any atom is -0.508 e. The van der Waals surface area contributed by atoms with Crippen molar-refractivity contribution in [2.75, 3.05) is 5.32 Å². The monoisotopic (exact) mass is 926 g/mol. The van der Waals surface area contributed by atoms with Crippen molar-refractivity contribution in [2.45, 2.75) is 82.5 Å². The number of benzene rings is 4. The maximum Gasteiger partial charge on any atom is 0.411 e. The Labute approximate surface area is 355 Å². The van der Waals surface area contributed by atoms with E-state index < -0.39 is 126 Å². The summed E-state index contributed by atoms with van der Waals surface area (Å²) in [6, 6.07) is 1.41. The predicted molar refractivity (Wildman–Crippen MR) is 204 cm³/mol. The molecule has 2 amide bonds. The highest BCUT2D eigenvalue weighted by molar-refractivity contribution is 6.11. The lowest BCUT2D eigenvalue weighted by Crippen LogP contribution is -2.55. The first kappa shape index (κ1) is 51.9. The summed E-state index contributed by atoms with van der Waals surface area (Å²) in [5.41, 5.74) is -21.0. The van der Waals surface area contributed by atoms with Crippen molar-refractivity contribution in [2.24, 2.45) is 11.7 Å². The summed E-state index contributed by atoms with van der Waals surface area (Å²) in [5.74, 6) is -9.26. The SMILES string of the molecule is CC(C)(C)c1cc(C(c2ccc(O)c(NC(=O)c3cc(C(c4ccc(C(=O)O)c(C(N)=O)c4)(C(F)(F)F)C(F)(F)F)ccc3C(=O)O)c2)(C(F)(F)F)C(F)(F)F)ccc1O.CC(C)C. The molecule has 0 atom stereocenters. The van der Waals surface area contributed by atoms with Gasteiger partial charge in [-0.2, -0.15) is 52.7 Å². The minimum absolute atomic E-state index is 0.0113. The van der Waals surface area contributed by atoms with Gasteiger partial charge in [0, 0.05) is 0 Å². The highest BCUT2D eigenvalue weighted by Gasteiger charge is 2.74. The molecule has 4 rings (SSSR count). The number of aromatic carboxylic acids is 2. The first-order valence-electron chi connectivity index (χ1n) is 18.2. The van der Waals surface area contributed by atoms with Gasteiger partial charge < -0.3 is 31.5 Å². The van der Waals surface area contributed by atoms with E-state index in [1.807, 2.05) is 0 Å². The average molecular weight is 927 g/mol. The lowest BCUT2D eigenvalue weighted by Gasteiger charge is -2.39. The summed E-state index contributed by atoms with van der Waals surface area (Å²) in [6.07, 6.45) is -25.7. The van der Waals surface area contributed by atoms with Crippen molar-refractivity contribution < 1.29 is 92.3 Å². The Morgan fingerprint density at radius 3 is 1.20 bits per heavy atom. The van der Waals surface area contributed by atoms with Gasteiger partial charge in [-0.25, -0.2) is 9.59 Å². The molecule has 348 valence electrons. The summed E-state index contributed by atoms with van der Waals surface area (Å²) in [5, 5.41) is 41.4. The number of halogens is 12. The molecule has 4 aromatic carbocycles. The number of rotatable bonds is 9. The zero-order valence-electron chi connectivity index (χ0n) is 34.0. The second kappa shape index (κ2) is 17.6. The predicted octanol–water partition coefficient (Wildman–Crippen LogP) is 10.6. The topological polar surface area (TPSA) is 187 Å². The van der Waals surface area contributed by atoms with Gasteiger partial charge in [0.25, 0.3) is 5.91 Å². The molecular weight excluding hydrogens is 888 g/mol. The van der Waals surface area contributed by atoms with Crippen LogP contribution in [-0.4, -0.2) is 68.9 Å². The lowest BCUT2D eigenvalue weighted by molar-refractivity contribution is -0.290. The fraction of sp³-hybridized carbons (Fsp3) is 0.333. The maximum absolute atomic E-state index is 15.1. The summed E-state index contributed by atoms with van der Waals surface area (Å²) in [4.78, 5) is 49.3. The van der Waals surface area contributed by atoms with E-state index >= 15 is 52.7 Å². The number of carboxylic acid groups (broad SMARTS) is 2. The number of phenols is 2. The molecule has 22 heteroatoms. The van der Waals surface area contributed by atoms with Crippen LogP contribution in [0.2, 0.25) is 0 Å². The van der Waals surface area contributed by atoms with E-state index in [0.29, 0.717) is 18.2 Å². The number of carbonyl (C=O) groups is 4. The Morgan fingerprint density at radius 2 is 0.844 bits per heavy atom. The minimum atomic E-state index is -6.53. The van der Waals surface area contributed by atoms with Crippen LogP contribution >= 0.6 is 0 Å². The van der Waals surface area contributed by atoms with Gasteiger partial charge in [0.15, 0.2) is 0 Å². The van der Waals surface area contributed by atoms with Crippen molar-refractivity contribution in [3.8, 4) is 11.5 Å². The van der Waals surface area contributed by atoms with Crippen molar-refractivity contribution in [1.82, 2.24) is 0 Å². The normalized spacial score (nSPS) is 12.9. The third-order valence-electron chi connectivity index (χ3n) is 9.49. The van der Waals surface area contributed by atoms with Crippen LogP contribution in [0.1, 0.15) is 111 Å². The molecule has 0 aromatic heterocycles. The van der Waals surface area contributed by atoms with Gasteiger partial charge in [-0.1, -0.05) is 71.9 Å². The van der Waals surface area contributed by atoms with E-state index in [4.69, 9.17) is 5.73 Å². The van der Waals surface area contributed by atoms with Crippen LogP contribution in [0, 0.1) is 5.92 Å². The number of alkyl halides is 12. The highest BCUT2D eigenvalue weighted by Crippen LogP contribution is 2.59. The molecular formula is C42H38F12N2O8. The fourth-order valence-corrected chi connectivity index (χ4v) is 6.71. The molecule has 64 heavy (non-hydrogen) atoms. The Hall–Kier alpha value is -6.48. The van der Waals surface area contributed by atoms with Crippen molar-refractivity contribution >= 4 is 29.4 Å². The molecule has 10 nitrogen and oxygen atoms in total. The number of hydrogen-bond donors (Lipinski definition) is 6. The van der Waals surface area contributed by atoms with Crippen molar-refractivity contribution in [3.63, 3.8) is 0 Å². The second-order valence-electron chi connectivity index (χ2n) is 15.9. The molecule has 7 N–H and O–H groups in total. The summed E-state index contributed by atoms with van der Waals surface area (Å²) < 4.78 is 181. The number of anilines is 1. The van der Waals surface area contributed by atoms with Crippen LogP contribution in [0.25, 0.3) is 0 Å². The Balaban J connectivity index is 0.00000261. The number of carbonyl (C=O) groups excluding carboxylic acids is 2. The molecule has 0 unspecified atom stereocenters. The molecule has 4 aromatic rings. The smallest absolute Gasteiger partial charge is 0.411 e. The fourth-order valence-electron chi connectivity index (χ4n) is 6.71. The molecule has 0 spiro atoms. The third-order valence-corrected chi connectivity index (χ3v) is 9.49. The standard InChI is InChI=1S/C38H28F12N2O8.C4H10/c1-32(2,3)24-14-18(6-10-26(24)53)34(37(45,46)47,38(48,49)50)19-7-11-27(54)25(15-19)52-29(56)23-13-17(5-9-21(23)31(59)60)33(35(39,40)41,36(42,43)44)16-4-8-20(30(57)58)22(12-16)28(51)55;1-4(2)3/h4-15,53-54H,1-3H3,(H2,51,55)(H,52,56)(H,57,58)(H,59,60);4H,1-3H3. The molecule has 0 saturated heterocycles. The molecule has 0 bridgehead atoms. The van der Waals surface area contributed by atoms with Gasteiger partial charge in [-0.15, -0.1) is 0 Å². The van der Waals surface area contributed by atoms with Crippen LogP contribution in [0.3, 0.4) is 0 Å². The zero-order valence-corrected chi connectivity index (χ0v) is 34.0. The van der Waals surface area contributed by atoms with Crippen LogP contribution < -0.4 is 11.1 Å². The second-order valence-corrected chi connectivity index (χ2v) is 15.9. The number of phenolic OH excluding ortho intramolecular Hbond substituents is 2. The number of aromatic hydroxyl groups is 2. The Kier molecular flexibility index (Phi) is 14.3. The largest absolute Gasteiger partial charge is 0.508 e. The molecule has 0 aliphatic carbocycles. The molecule has 0 aliphatic rings. The average Bonchev–Trinajstić information content (AvgIpc) is 3.10. The number of nitrogens with one attached hydrogen (secondary N) is 1. The van der Waals surface area contributed by atoms with Crippen molar-refractivity contribution in [3.05, 3.63) is 123 Å². The third kappa shape index (κ3) is 9.54. The Bertz CT molecular complexity index is 2420. The van der Waals surface area contributed by atoms with E-state index in [0.717, 1.165) is 5.92 Å². The van der Waals surface area contributed by atoms with E-state index in [9.17, 15) is 39.6 Å². The molecule has 0 heterocycles. The first-order valence-corrected chi connectivity index (χ1v) is 18.2. The number of carboxylic acids is 2. The number of nitrogens with two attached hydrogens (primary N) is 1. The zero-order chi connectivity index (χ0) is 49.5. The number of amides is 2. The van der Waals surface area contributed by atoms with E-state index in [1.54, 1.807) is 5.32 Å². The van der Waals surface area contributed by atoms with Crippen LogP contribution in [-0.2, 0) is 16.2 Å². The van der Waals surface area contributed by atoms with Gasteiger partial charge in [0.05, 0.1) is 27.9 Å². The summed E-state index contributed by atoms with van der Waals surface area (Å²) in [6.45, 7) is 10.6. The van der Waals surface area contributed by atoms with Crippen LogP contribution in [0.15, 0.2) is 72.8 Å². The van der Waals surface area contributed by atoms with Gasteiger partial charge in [-0.3, -0.25) is 9.59 Å². The van der Waals surface area contributed by atoms with Gasteiger partial charge in [0.2, 0.25) is 16.7 Å². The molecule has 0 radical (unpaired) electrons. The molecule has 0 fully saturated rings. The van der Waals surface area contributed by atoms with Crippen molar-refractivity contribution in [1.29, 1.82) is 0 Å².